The van der Waals surface area contributed by atoms with Crippen LogP contribution in [0, 0.1) is 23.0 Å². The van der Waals surface area contributed by atoms with E-state index >= 15 is 0 Å². The number of ketones is 1. The van der Waals surface area contributed by atoms with Crippen LogP contribution in [0.5, 0.6) is 0 Å². The van der Waals surface area contributed by atoms with Gasteiger partial charge in [0.1, 0.15) is 17.6 Å². The van der Waals surface area contributed by atoms with Gasteiger partial charge in [-0.2, -0.15) is 5.26 Å². The highest BCUT2D eigenvalue weighted by atomic mass is 79.9. The Bertz CT molecular complexity index is 704. The highest BCUT2D eigenvalue weighted by Gasteiger charge is 2.26. The number of rotatable bonds is 3. The van der Waals surface area contributed by atoms with E-state index in [2.05, 4.69) is 31.9 Å². The van der Waals surface area contributed by atoms with Crippen molar-refractivity contribution < 1.29 is 13.6 Å². The highest BCUT2D eigenvalue weighted by Crippen LogP contribution is 2.35. The quantitative estimate of drug-likeness (QED) is 0.652. The number of Topliss-reactive ketones (excluding diaryl/α,β-unsaturated/α-hetero) is 1. The first-order valence-corrected chi connectivity index (χ1v) is 7.68. The second-order valence-electron chi connectivity index (χ2n) is 3.82. The van der Waals surface area contributed by atoms with Crippen LogP contribution in [-0.2, 0) is 0 Å². The molecular formula is C13H5Br2F2NOS. The van der Waals surface area contributed by atoms with E-state index in [1.165, 1.54) is 0 Å². The molecule has 0 saturated heterocycles. The van der Waals surface area contributed by atoms with Crippen LogP contribution in [0.3, 0.4) is 0 Å². The van der Waals surface area contributed by atoms with Crippen molar-refractivity contribution in [1.29, 1.82) is 5.26 Å². The molecule has 0 bridgehead atoms. The second kappa shape index (κ2) is 6.12. The van der Waals surface area contributed by atoms with Crippen LogP contribution in [0.15, 0.2) is 32.5 Å². The maximum absolute atomic E-state index is 13.7. The zero-order chi connectivity index (χ0) is 14.9. The number of hydrogen-bond donors (Lipinski definition) is 0. The van der Waals surface area contributed by atoms with Crippen molar-refractivity contribution in [2.24, 2.45) is 0 Å². The summed E-state index contributed by atoms with van der Waals surface area (Å²) < 4.78 is 28.0. The third kappa shape index (κ3) is 2.97. The highest BCUT2D eigenvalue weighted by molar-refractivity contribution is 9.13. The molecule has 20 heavy (non-hydrogen) atoms. The zero-order valence-corrected chi connectivity index (χ0v) is 13.7. The number of hydrogen-bond acceptors (Lipinski definition) is 3. The number of nitriles is 1. The minimum absolute atomic E-state index is 0.125. The third-order valence-electron chi connectivity index (χ3n) is 2.55. The lowest BCUT2D eigenvalue weighted by atomic mass is 9.95. The van der Waals surface area contributed by atoms with E-state index in [-0.39, 0.29) is 5.56 Å². The number of nitrogens with zero attached hydrogens (tertiary/aromatic N) is 1. The average molecular weight is 421 g/mol. The molecule has 2 aromatic rings. The Balaban J connectivity index is 2.42. The molecule has 1 atom stereocenters. The number of halogens is 4. The Labute approximate surface area is 134 Å². The molecule has 7 heteroatoms. The summed E-state index contributed by atoms with van der Waals surface area (Å²) in [7, 11) is 0. The van der Waals surface area contributed by atoms with E-state index in [1.807, 2.05) is 0 Å². The monoisotopic (exact) mass is 419 g/mol. The minimum atomic E-state index is -1.30. The largest absolute Gasteiger partial charge is 0.291 e. The first-order valence-electron chi connectivity index (χ1n) is 5.27. The van der Waals surface area contributed by atoms with E-state index in [0.29, 0.717) is 19.2 Å². The molecule has 1 aromatic heterocycles. The molecule has 102 valence electrons. The summed E-state index contributed by atoms with van der Waals surface area (Å²) in [6.07, 6.45) is 0. The molecule has 0 amide bonds. The second-order valence-corrected chi connectivity index (χ2v) is 7.05. The summed E-state index contributed by atoms with van der Waals surface area (Å²) in [6, 6.07) is 6.13. The lowest BCUT2D eigenvalue weighted by molar-refractivity contribution is 0.0981. The maximum Gasteiger partial charge on any atom is 0.194 e. The molecule has 0 aliphatic rings. The molecule has 0 radical (unpaired) electrons. The van der Waals surface area contributed by atoms with Crippen molar-refractivity contribution in [3.05, 3.63) is 54.6 Å². The van der Waals surface area contributed by atoms with E-state index in [9.17, 15) is 13.6 Å². The van der Waals surface area contributed by atoms with Gasteiger partial charge in [0.2, 0.25) is 0 Å². The van der Waals surface area contributed by atoms with Gasteiger partial charge in [0.25, 0.3) is 0 Å². The van der Waals surface area contributed by atoms with E-state index < -0.39 is 23.3 Å². The lowest BCUT2D eigenvalue weighted by Crippen LogP contribution is -2.11. The molecule has 0 saturated carbocycles. The van der Waals surface area contributed by atoms with Crippen LogP contribution in [-0.4, -0.2) is 5.78 Å². The summed E-state index contributed by atoms with van der Waals surface area (Å²) in [5.41, 5.74) is -0.125. The topological polar surface area (TPSA) is 40.9 Å². The van der Waals surface area contributed by atoms with Crippen molar-refractivity contribution in [3.63, 3.8) is 0 Å². The van der Waals surface area contributed by atoms with Crippen LogP contribution in [0.4, 0.5) is 8.78 Å². The van der Waals surface area contributed by atoms with E-state index in [4.69, 9.17) is 5.26 Å². The standard InChI is InChI=1S/C13H5Br2F2NOS/c14-9-4-11(20-13(9)15)12(19)8(5-18)7-2-1-6(16)3-10(7)17/h1-4,8H. The summed E-state index contributed by atoms with van der Waals surface area (Å²) in [6.45, 7) is 0. The molecule has 0 N–H and O–H groups in total. The number of carbonyl (C=O) groups excluding carboxylic acids is 1. The Hall–Kier alpha value is -1.10. The molecule has 2 rings (SSSR count). The Kier molecular flexibility index (Phi) is 4.68. The van der Waals surface area contributed by atoms with Gasteiger partial charge in [-0.3, -0.25) is 4.79 Å². The van der Waals surface area contributed by atoms with Gasteiger partial charge in [-0.25, -0.2) is 8.78 Å². The summed E-state index contributed by atoms with van der Waals surface area (Å²) >= 11 is 7.63. The van der Waals surface area contributed by atoms with Crippen molar-refractivity contribution in [2.75, 3.05) is 0 Å². The predicted molar refractivity (Wildman–Crippen MR) is 78.8 cm³/mol. The first-order chi connectivity index (χ1) is 9.43. The van der Waals surface area contributed by atoms with Crippen molar-refractivity contribution >= 4 is 49.0 Å². The normalized spacial score (nSPS) is 11.9. The minimum Gasteiger partial charge on any atom is -0.291 e. The fourth-order valence-electron chi connectivity index (χ4n) is 1.62. The molecule has 1 heterocycles. The molecule has 1 unspecified atom stereocenters. The van der Waals surface area contributed by atoms with Crippen LogP contribution in [0.2, 0.25) is 0 Å². The van der Waals surface area contributed by atoms with Gasteiger partial charge >= 0.3 is 0 Å². The number of thiophene rings is 1. The SMILES string of the molecule is N#CC(C(=O)c1cc(Br)c(Br)s1)c1ccc(F)cc1F. The van der Waals surface area contributed by atoms with Crippen LogP contribution in [0.1, 0.15) is 21.2 Å². The van der Waals surface area contributed by atoms with E-state index in [1.54, 1.807) is 12.1 Å². The third-order valence-corrected chi connectivity index (χ3v) is 5.82. The van der Waals surface area contributed by atoms with Gasteiger partial charge in [-0.05, 0) is 44.0 Å². The van der Waals surface area contributed by atoms with Gasteiger partial charge in [0, 0.05) is 16.1 Å². The zero-order valence-electron chi connectivity index (χ0n) is 9.66. The Morgan fingerprint density at radius 3 is 2.50 bits per heavy atom. The maximum atomic E-state index is 13.7. The van der Waals surface area contributed by atoms with Crippen molar-refractivity contribution in [3.8, 4) is 6.07 Å². The Morgan fingerprint density at radius 1 is 1.30 bits per heavy atom. The molecule has 0 fully saturated rings. The average Bonchev–Trinajstić information content (AvgIpc) is 2.73. The van der Waals surface area contributed by atoms with Gasteiger partial charge in [0.05, 0.1) is 14.7 Å². The van der Waals surface area contributed by atoms with Gasteiger partial charge in [-0.15, -0.1) is 11.3 Å². The predicted octanol–water partition coefficient (Wildman–Crippen LogP) is 5.04. The van der Waals surface area contributed by atoms with Crippen LogP contribution in [0.25, 0.3) is 0 Å². The molecule has 2 nitrogen and oxygen atoms in total. The van der Waals surface area contributed by atoms with Gasteiger partial charge in [0.15, 0.2) is 5.78 Å². The van der Waals surface area contributed by atoms with Crippen LogP contribution < -0.4 is 0 Å². The fourth-order valence-corrected chi connectivity index (χ4v) is 3.62. The van der Waals surface area contributed by atoms with Crippen LogP contribution >= 0.6 is 43.2 Å². The molecule has 0 spiro atoms. The molecule has 1 aromatic carbocycles. The lowest BCUT2D eigenvalue weighted by Gasteiger charge is -2.08. The summed E-state index contributed by atoms with van der Waals surface area (Å²) in [5, 5.41) is 9.13. The van der Waals surface area contributed by atoms with Gasteiger partial charge in [-0.1, -0.05) is 6.07 Å². The fraction of sp³-hybridized carbons (Fsp3) is 0.0769. The summed E-state index contributed by atoms with van der Waals surface area (Å²) in [4.78, 5) is 12.6. The molecule has 0 aliphatic heterocycles. The first kappa shape index (κ1) is 15.3. The molecule has 0 aliphatic carbocycles. The van der Waals surface area contributed by atoms with Crippen molar-refractivity contribution in [2.45, 2.75) is 5.92 Å². The Morgan fingerprint density at radius 2 is 2.00 bits per heavy atom. The number of benzene rings is 1. The molecular weight excluding hydrogens is 416 g/mol. The van der Waals surface area contributed by atoms with Gasteiger partial charge < -0.3 is 0 Å². The smallest absolute Gasteiger partial charge is 0.194 e. The van der Waals surface area contributed by atoms with Crippen molar-refractivity contribution in [1.82, 2.24) is 0 Å². The van der Waals surface area contributed by atoms with E-state index in [0.717, 1.165) is 23.5 Å². The summed E-state index contributed by atoms with van der Waals surface area (Å²) in [5.74, 6) is -3.47. The number of carbonyl (C=O) groups is 1.